The maximum Gasteiger partial charge on any atom is 0.303 e. The van der Waals surface area contributed by atoms with Gasteiger partial charge in [-0.25, -0.2) is 0 Å². The van der Waals surface area contributed by atoms with E-state index in [0.717, 1.165) is 50.1 Å². The summed E-state index contributed by atoms with van der Waals surface area (Å²) in [6.45, 7) is 7.15. The maximum absolute atomic E-state index is 14.1. The molecule has 0 radical (unpaired) electrons. The number of rotatable bonds is 40. The molecular weight excluding hydrogens is 1330 g/mol. The number of ether oxygens (including phenoxy) is 16. The van der Waals surface area contributed by atoms with Crippen LogP contribution in [0.5, 0.6) is 0 Å². The summed E-state index contributed by atoms with van der Waals surface area (Å²) < 4.78 is 115. The minimum Gasteiger partial charge on any atom is -0.454 e. The molecule has 17 nitrogen and oxygen atoms in total. The summed E-state index contributed by atoms with van der Waals surface area (Å²) in [7, 11) is 0. The molecular formula is C88H96O17. The third kappa shape index (κ3) is 23.3. The van der Waals surface area contributed by atoms with Gasteiger partial charge in [-0.05, 0) is 62.9 Å². The molecule has 6 unspecified atom stereocenters. The lowest BCUT2D eigenvalue weighted by Crippen LogP contribution is -2.68. The van der Waals surface area contributed by atoms with E-state index >= 15 is 0 Å². The van der Waals surface area contributed by atoms with Gasteiger partial charge in [0.25, 0.3) is 0 Å². The van der Waals surface area contributed by atoms with Crippen LogP contribution >= 0.6 is 0 Å². The zero-order chi connectivity index (χ0) is 71.9. The SMILES string of the molecule is C=CCCCO[C@H]1OC(COCc2ccccc2)[C@@H](OCc2ccccc2)[C@H](OCc2ccccc2)C1O[C@H]1OC(COCc2ccccc2)[C@@H](OCc2ccccc2)[C@H](OCc2ccccc2)C1O[C@H]1OC(COCc2ccccc2)[C@@H](OCc2ccccc2)[C@H](OCc2ccccc2)C1OC(C)=O. The number of esters is 1. The van der Waals surface area contributed by atoms with E-state index < -0.39 is 98.1 Å². The van der Waals surface area contributed by atoms with Gasteiger partial charge in [-0.15, -0.1) is 6.58 Å². The normalized spacial score (nSPS) is 24.6. The van der Waals surface area contributed by atoms with E-state index in [2.05, 4.69) is 6.58 Å². The number of benzene rings is 9. The van der Waals surface area contributed by atoms with Gasteiger partial charge in [-0.3, -0.25) is 4.79 Å². The molecule has 3 heterocycles. The Kier molecular flexibility index (Phi) is 30.1. The maximum atomic E-state index is 14.1. The Labute approximate surface area is 617 Å². The largest absolute Gasteiger partial charge is 0.454 e. The number of unbranched alkanes of at least 4 members (excludes halogenated alkanes) is 1. The van der Waals surface area contributed by atoms with Gasteiger partial charge < -0.3 is 75.8 Å². The molecule has 15 atom stereocenters. The zero-order valence-corrected chi connectivity index (χ0v) is 59.5. The van der Waals surface area contributed by atoms with Crippen molar-refractivity contribution < 1.29 is 80.6 Å². The molecule has 0 aromatic heterocycles. The molecule has 0 aliphatic carbocycles. The summed E-state index contributed by atoms with van der Waals surface area (Å²) in [6, 6.07) is 89.0. The van der Waals surface area contributed by atoms with Gasteiger partial charge in [-0.1, -0.05) is 279 Å². The summed E-state index contributed by atoms with van der Waals surface area (Å²) in [5.74, 6) is -0.631. The van der Waals surface area contributed by atoms with Gasteiger partial charge in [0.15, 0.2) is 25.0 Å². The fourth-order valence-corrected chi connectivity index (χ4v) is 13.1. The topological polar surface area (TPSA) is 165 Å². The molecule has 9 aromatic rings. The second-order valence-corrected chi connectivity index (χ2v) is 26.3. The Morgan fingerprint density at radius 3 is 0.819 bits per heavy atom. The fourth-order valence-electron chi connectivity index (χ4n) is 13.1. The van der Waals surface area contributed by atoms with Crippen LogP contribution in [0.15, 0.2) is 286 Å². The first-order valence-corrected chi connectivity index (χ1v) is 36.3. The van der Waals surface area contributed by atoms with Crippen molar-refractivity contribution in [2.75, 3.05) is 26.4 Å². The number of carbonyl (C=O) groups is 1. The van der Waals surface area contributed by atoms with E-state index in [9.17, 15) is 4.79 Å². The second kappa shape index (κ2) is 41.5. The minimum absolute atomic E-state index is 0.0149. The average Bonchev–Trinajstić information content (AvgIpc) is 0.761. The van der Waals surface area contributed by atoms with E-state index in [-0.39, 0.29) is 79.3 Å². The van der Waals surface area contributed by atoms with Crippen LogP contribution in [0.1, 0.15) is 69.8 Å². The van der Waals surface area contributed by atoms with E-state index in [1.807, 2.05) is 279 Å². The molecule has 105 heavy (non-hydrogen) atoms. The Bertz CT molecular complexity index is 3860. The lowest BCUT2D eigenvalue weighted by Gasteiger charge is -2.52. The monoisotopic (exact) mass is 1420 g/mol. The summed E-state index contributed by atoms with van der Waals surface area (Å²) in [6.07, 6.45) is -13.6. The minimum atomic E-state index is -1.49. The molecule has 0 N–H and O–H groups in total. The summed E-state index contributed by atoms with van der Waals surface area (Å²) in [4.78, 5) is 14.1. The van der Waals surface area contributed by atoms with Crippen molar-refractivity contribution in [3.05, 3.63) is 336 Å². The summed E-state index contributed by atoms with van der Waals surface area (Å²) >= 11 is 0. The summed E-state index contributed by atoms with van der Waals surface area (Å²) in [5.41, 5.74) is 8.19. The third-order valence-electron chi connectivity index (χ3n) is 18.4. The molecule has 0 spiro atoms. The van der Waals surface area contributed by atoms with Crippen molar-refractivity contribution in [2.45, 2.75) is 171 Å². The van der Waals surface area contributed by atoms with E-state index in [0.29, 0.717) is 19.4 Å². The van der Waals surface area contributed by atoms with Crippen LogP contribution in [-0.4, -0.2) is 125 Å². The van der Waals surface area contributed by atoms with Crippen molar-refractivity contribution in [3.8, 4) is 0 Å². The van der Waals surface area contributed by atoms with Crippen molar-refractivity contribution in [3.63, 3.8) is 0 Å². The molecule has 12 rings (SSSR count). The zero-order valence-electron chi connectivity index (χ0n) is 59.5. The molecule has 0 amide bonds. The van der Waals surface area contributed by atoms with Gasteiger partial charge in [0.05, 0.1) is 85.9 Å². The molecule has 3 aliphatic heterocycles. The van der Waals surface area contributed by atoms with Gasteiger partial charge in [0, 0.05) is 6.92 Å². The van der Waals surface area contributed by atoms with Crippen molar-refractivity contribution in [1.29, 1.82) is 0 Å². The van der Waals surface area contributed by atoms with E-state index in [4.69, 9.17) is 75.8 Å². The average molecular weight is 1430 g/mol. The van der Waals surface area contributed by atoms with Crippen LogP contribution < -0.4 is 0 Å². The highest BCUT2D eigenvalue weighted by molar-refractivity contribution is 5.66. The smallest absolute Gasteiger partial charge is 0.303 e. The fraction of sp³-hybridized carbons (Fsp3) is 0.352. The van der Waals surface area contributed by atoms with Gasteiger partial charge in [0.2, 0.25) is 0 Å². The number of hydrogen-bond donors (Lipinski definition) is 0. The Morgan fingerprint density at radius 2 is 0.543 bits per heavy atom. The first-order valence-electron chi connectivity index (χ1n) is 36.3. The van der Waals surface area contributed by atoms with Gasteiger partial charge in [-0.2, -0.15) is 0 Å². The van der Waals surface area contributed by atoms with Crippen LogP contribution in [0.25, 0.3) is 0 Å². The second-order valence-electron chi connectivity index (χ2n) is 26.3. The molecule has 550 valence electrons. The van der Waals surface area contributed by atoms with Crippen molar-refractivity contribution in [2.24, 2.45) is 0 Å². The van der Waals surface area contributed by atoms with Crippen LogP contribution in [0.2, 0.25) is 0 Å². The van der Waals surface area contributed by atoms with Crippen LogP contribution in [0, 0.1) is 0 Å². The van der Waals surface area contributed by atoms with E-state index in [1.54, 1.807) is 0 Å². The predicted molar refractivity (Wildman–Crippen MR) is 395 cm³/mol. The number of hydrogen-bond acceptors (Lipinski definition) is 17. The van der Waals surface area contributed by atoms with Crippen LogP contribution in [0.3, 0.4) is 0 Å². The molecule has 3 fully saturated rings. The molecule has 3 aliphatic rings. The Morgan fingerprint density at radius 1 is 0.305 bits per heavy atom. The first kappa shape index (κ1) is 76.2. The molecule has 0 saturated carbocycles. The Hall–Kier alpha value is -8.41. The van der Waals surface area contributed by atoms with Gasteiger partial charge in [0.1, 0.15) is 67.1 Å². The standard InChI is InChI=1S/C88H96O17/c1-3-4-32-51-93-86-83(80(97-58-71-45-26-11-27-46-71)77(94-55-68-39-20-8-21-40-68)74(101-86)61-90-52-65-33-14-5-15-34-65)104-88-85(82(99-60-73-49-30-13-31-50-73)79(96-57-70-43-24-10-25-44-70)76(103-88)63-92-54-67-37-18-7-19-38-67)105-87-84(100-64(2)89)81(98-59-72-47-28-12-29-48-72)78(95-56-69-41-22-9-23-42-69)75(102-87)62-91-53-66-35-16-6-17-36-66/h3,5-31,33-50,74-88H,1,4,32,51-63H2,2H3/t74?,75?,76?,77-,78-,79-,80+,81+,82+,83?,84?,85?,86+,87-,88-/m1/s1. The lowest BCUT2D eigenvalue weighted by molar-refractivity contribution is -0.404. The summed E-state index contributed by atoms with van der Waals surface area (Å²) in [5, 5.41) is 0. The van der Waals surface area contributed by atoms with Crippen LogP contribution in [-0.2, 0) is 140 Å². The van der Waals surface area contributed by atoms with Crippen molar-refractivity contribution in [1.82, 2.24) is 0 Å². The third-order valence-corrected chi connectivity index (χ3v) is 18.4. The Balaban J connectivity index is 1.00. The highest BCUT2D eigenvalue weighted by atomic mass is 16.8. The molecule has 9 aromatic carbocycles. The quantitative estimate of drug-likeness (QED) is 0.0202. The first-order chi connectivity index (χ1) is 51.9. The lowest BCUT2D eigenvalue weighted by atomic mass is 9.95. The highest BCUT2D eigenvalue weighted by Gasteiger charge is 2.58. The predicted octanol–water partition coefficient (Wildman–Crippen LogP) is 15.0. The molecule has 17 heteroatoms. The number of carbonyl (C=O) groups excluding carboxylic acids is 1. The number of allylic oxidation sites excluding steroid dienone is 1. The molecule has 0 bridgehead atoms. The van der Waals surface area contributed by atoms with Crippen molar-refractivity contribution >= 4 is 5.97 Å². The van der Waals surface area contributed by atoms with E-state index in [1.165, 1.54) is 6.92 Å². The molecule has 3 saturated heterocycles. The van der Waals surface area contributed by atoms with Crippen LogP contribution in [0.4, 0.5) is 0 Å². The van der Waals surface area contributed by atoms with Gasteiger partial charge >= 0.3 is 5.97 Å². The highest BCUT2D eigenvalue weighted by Crippen LogP contribution is 2.40.